The summed E-state index contributed by atoms with van der Waals surface area (Å²) in [4.78, 5) is 10.7. The Bertz CT molecular complexity index is 199. The van der Waals surface area contributed by atoms with Crippen LogP contribution in [0.4, 0.5) is 0 Å². The maximum atomic E-state index is 10.7. The van der Waals surface area contributed by atoms with Crippen LogP contribution in [0.1, 0.15) is 26.2 Å². The lowest BCUT2D eigenvalue weighted by molar-refractivity contribution is -0.146. The van der Waals surface area contributed by atoms with Gasteiger partial charge in [-0.3, -0.25) is 4.79 Å². The van der Waals surface area contributed by atoms with Crippen LogP contribution in [-0.2, 0) is 4.79 Å². The van der Waals surface area contributed by atoms with Gasteiger partial charge in [-0.05, 0) is 32.1 Å². The summed E-state index contributed by atoms with van der Waals surface area (Å²) in [6.45, 7) is 3.14. The minimum absolute atomic E-state index is 0.139. The molecule has 0 bridgehead atoms. The van der Waals surface area contributed by atoms with Crippen LogP contribution in [0.5, 0.6) is 0 Å². The minimum atomic E-state index is -0.647. The normalized spacial score (nSPS) is 28.1. The Morgan fingerprint density at radius 2 is 2.36 bits per heavy atom. The summed E-state index contributed by atoms with van der Waals surface area (Å²) >= 11 is 1.85. The van der Waals surface area contributed by atoms with E-state index < -0.39 is 5.97 Å². The molecular formula is C10H19NO2S. The van der Waals surface area contributed by atoms with E-state index in [9.17, 15) is 4.79 Å². The largest absolute Gasteiger partial charge is 0.481 e. The van der Waals surface area contributed by atoms with Crippen molar-refractivity contribution in [3.05, 3.63) is 0 Å². The topological polar surface area (TPSA) is 49.3 Å². The zero-order valence-corrected chi connectivity index (χ0v) is 9.64. The van der Waals surface area contributed by atoms with Crippen molar-refractivity contribution in [2.24, 2.45) is 5.92 Å². The van der Waals surface area contributed by atoms with Crippen molar-refractivity contribution >= 4 is 17.7 Å². The van der Waals surface area contributed by atoms with Gasteiger partial charge in [-0.15, -0.1) is 0 Å². The summed E-state index contributed by atoms with van der Waals surface area (Å²) in [5.41, 5.74) is 0. The SMILES string of the molecule is CSC(C)CCNC1CCC1C(=O)O. The maximum absolute atomic E-state index is 10.7. The fraction of sp³-hybridized carbons (Fsp3) is 0.900. The van der Waals surface area contributed by atoms with Gasteiger partial charge in [0.25, 0.3) is 0 Å². The number of thioether (sulfide) groups is 1. The first-order valence-electron chi connectivity index (χ1n) is 5.14. The molecule has 4 heteroatoms. The van der Waals surface area contributed by atoms with E-state index in [1.807, 2.05) is 11.8 Å². The van der Waals surface area contributed by atoms with Crippen molar-refractivity contribution < 1.29 is 9.90 Å². The second-order valence-corrected chi connectivity index (χ2v) is 5.19. The third kappa shape index (κ3) is 3.17. The van der Waals surface area contributed by atoms with E-state index in [-0.39, 0.29) is 12.0 Å². The summed E-state index contributed by atoms with van der Waals surface area (Å²) in [6, 6.07) is 0.224. The van der Waals surface area contributed by atoms with Crippen molar-refractivity contribution in [3.8, 4) is 0 Å². The molecule has 82 valence electrons. The molecule has 0 heterocycles. The van der Waals surface area contributed by atoms with Crippen LogP contribution >= 0.6 is 11.8 Å². The molecule has 0 saturated heterocycles. The van der Waals surface area contributed by atoms with Gasteiger partial charge in [0.15, 0.2) is 0 Å². The fourth-order valence-electron chi connectivity index (χ4n) is 1.63. The summed E-state index contributed by atoms with van der Waals surface area (Å²) in [5.74, 6) is -0.786. The Labute approximate surface area is 89.6 Å². The molecule has 1 rings (SSSR count). The van der Waals surface area contributed by atoms with Gasteiger partial charge in [0.2, 0.25) is 0 Å². The van der Waals surface area contributed by atoms with Crippen LogP contribution in [0.15, 0.2) is 0 Å². The van der Waals surface area contributed by atoms with E-state index in [0.29, 0.717) is 5.25 Å². The van der Waals surface area contributed by atoms with Crippen LogP contribution in [-0.4, -0.2) is 35.2 Å². The predicted molar refractivity (Wildman–Crippen MR) is 59.7 cm³/mol. The third-order valence-corrected chi connectivity index (χ3v) is 3.99. The third-order valence-electron chi connectivity index (χ3n) is 2.95. The monoisotopic (exact) mass is 217 g/mol. The second-order valence-electron chi connectivity index (χ2n) is 3.92. The van der Waals surface area contributed by atoms with Crippen LogP contribution in [0.25, 0.3) is 0 Å². The highest BCUT2D eigenvalue weighted by Gasteiger charge is 2.35. The molecule has 3 unspecified atom stereocenters. The molecule has 14 heavy (non-hydrogen) atoms. The standard InChI is InChI=1S/C10H19NO2S/c1-7(14-2)5-6-11-9-4-3-8(9)10(12)13/h7-9,11H,3-6H2,1-2H3,(H,12,13). The van der Waals surface area contributed by atoms with E-state index in [4.69, 9.17) is 5.11 Å². The van der Waals surface area contributed by atoms with Crippen molar-refractivity contribution in [1.82, 2.24) is 5.32 Å². The predicted octanol–water partition coefficient (Wildman–Crippen LogP) is 1.58. The number of nitrogens with one attached hydrogen (secondary N) is 1. The molecule has 1 saturated carbocycles. The van der Waals surface area contributed by atoms with Gasteiger partial charge in [0, 0.05) is 11.3 Å². The highest BCUT2D eigenvalue weighted by Crippen LogP contribution is 2.27. The van der Waals surface area contributed by atoms with E-state index in [0.717, 1.165) is 25.8 Å². The molecule has 0 aliphatic heterocycles. The molecule has 1 fully saturated rings. The molecule has 1 aliphatic rings. The number of rotatable bonds is 6. The molecule has 3 nitrogen and oxygen atoms in total. The molecule has 2 N–H and O–H groups in total. The van der Waals surface area contributed by atoms with Gasteiger partial charge in [-0.2, -0.15) is 11.8 Å². The van der Waals surface area contributed by atoms with Gasteiger partial charge in [0.05, 0.1) is 5.92 Å². The molecule has 0 aromatic heterocycles. The Morgan fingerprint density at radius 1 is 1.64 bits per heavy atom. The fourth-order valence-corrected chi connectivity index (χ4v) is 1.98. The lowest BCUT2D eigenvalue weighted by Crippen LogP contribution is -2.48. The first kappa shape index (κ1) is 11.9. The Balaban J connectivity index is 2.10. The Hall–Kier alpha value is -0.220. The van der Waals surface area contributed by atoms with Crippen molar-refractivity contribution in [1.29, 1.82) is 0 Å². The molecule has 0 amide bonds. The summed E-state index contributed by atoms with van der Waals surface area (Å²) < 4.78 is 0. The number of carbonyl (C=O) groups is 1. The molecule has 0 radical (unpaired) electrons. The number of carboxylic acid groups (broad SMARTS) is 1. The second kappa shape index (κ2) is 5.61. The number of aliphatic carboxylic acids is 1. The first-order valence-corrected chi connectivity index (χ1v) is 6.43. The van der Waals surface area contributed by atoms with Crippen molar-refractivity contribution in [2.75, 3.05) is 12.8 Å². The lowest BCUT2D eigenvalue weighted by atomic mass is 9.79. The van der Waals surface area contributed by atoms with Gasteiger partial charge in [-0.1, -0.05) is 6.92 Å². The average molecular weight is 217 g/mol. The van der Waals surface area contributed by atoms with Crippen LogP contribution < -0.4 is 5.32 Å². The van der Waals surface area contributed by atoms with Gasteiger partial charge < -0.3 is 10.4 Å². The molecule has 3 atom stereocenters. The minimum Gasteiger partial charge on any atom is -0.481 e. The number of carboxylic acids is 1. The van der Waals surface area contributed by atoms with Crippen LogP contribution in [0.2, 0.25) is 0 Å². The van der Waals surface area contributed by atoms with Gasteiger partial charge >= 0.3 is 5.97 Å². The van der Waals surface area contributed by atoms with Crippen LogP contribution in [0, 0.1) is 5.92 Å². The average Bonchev–Trinajstić information content (AvgIpc) is 2.08. The lowest BCUT2D eigenvalue weighted by Gasteiger charge is -2.34. The summed E-state index contributed by atoms with van der Waals surface area (Å²) in [5, 5.41) is 12.8. The highest BCUT2D eigenvalue weighted by molar-refractivity contribution is 7.99. The Morgan fingerprint density at radius 3 is 2.79 bits per heavy atom. The van der Waals surface area contributed by atoms with E-state index in [1.165, 1.54) is 0 Å². The van der Waals surface area contributed by atoms with Crippen molar-refractivity contribution in [3.63, 3.8) is 0 Å². The zero-order chi connectivity index (χ0) is 10.6. The van der Waals surface area contributed by atoms with Crippen molar-refractivity contribution in [2.45, 2.75) is 37.5 Å². The number of hydrogen-bond acceptors (Lipinski definition) is 3. The maximum Gasteiger partial charge on any atom is 0.308 e. The summed E-state index contributed by atoms with van der Waals surface area (Å²) in [6.07, 6.45) is 5.08. The molecule has 0 aromatic carbocycles. The first-order chi connectivity index (χ1) is 6.65. The quantitative estimate of drug-likeness (QED) is 0.709. The summed E-state index contributed by atoms with van der Waals surface area (Å²) in [7, 11) is 0. The van der Waals surface area contributed by atoms with E-state index >= 15 is 0 Å². The van der Waals surface area contributed by atoms with Gasteiger partial charge in [-0.25, -0.2) is 0 Å². The number of hydrogen-bond donors (Lipinski definition) is 2. The molecule has 0 aromatic rings. The molecule has 1 aliphatic carbocycles. The van der Waals surface area contributed by atoms with Gasteiger partial charge in [0.1, 0.15) is 0 Å². The van der Waals surface area contributed by atoms with E-state index in [2.05, 4.69) is 18.5 Å². The molecular weight excluding hydrogens is 198 g/mol. The zero-order valence-electron chi connectivity index (χ0n) is 8.82. The highest BCUT2D eigenvalue weighted by atomic mass is 32.2. The smallest absolute Gasteiger partial charge is 0.308 e. The van der Waals surface area contributed by atoms with Crippen LogP contribution in [0.3, 0.4) is 0 Å². The Kier molecular flexibility index (Phi) is 4.75. The van der Waals surface area contributed by atoms with E-state index in [1.54, 1.807) is 0 Å². The molecule has 0 spiro atoms.